The van der Waals surface area contributed by atoms with E-state index >= 15 is 0 Å². The summed E-state index contributed by atoms with van der Waals surface area (Å²) in [5.41, 5.74) is 5.23. The molecule has 0 aliphatic rings. The fourth-order valence-electron chi connectivity index (χ4n) is 1.10. The van der Waals surface area contributed by atoms with E-state index in [0.29, 0.717) is 19.4 Å². The third-order valence-corrected chi connectivity index (χ3v) is 2.05. The van der Waals surface area contributed by atoms with Gasteiger partial charge in [-0.05, 0) is 19.4 Å². The molecule has 0 aromatic heterocycles. The van der Waals surface area contributed by atoms with Crippen LogP contribution < -0.4 is 5.73 Å². The highest BCUT2D eigenvalue weighted by molar-refractivity contribution is 5.80. The first-order valence-corrected chi connectivity index (χ1v) is 4.66. The summed E-state index contributed by atoms with van der Waals surface area (Å²) in [7, 11) is 0. The maximum absolute atomic E-state index is 11.8. The molecule has 0 radical (unpaired) electrons. The number of alkyl halides is 3. The van der Waals surface area contributed by atoms with Gasteiger partial charge in [0.1, 0.15) is 5.78 Å². The summed E-state index contributed by atoms with van der Waals surface area (Å²) in [5.74, 6) is -0.628. The molecular formula is C9H16F3NO. The van der Waals surface area contributed by atoms with Crippen molar-refractivity contribution in [2.75, 3.05) is 6.54 Å². The molecular weight excluding hydrogens is 195 g/mol. The number of nitrogens with two attached hydrogens (primary N) is 1. The molecule has 0 aromatic rings. The zero-order chi connectivity index (χ0) is 11.2. The first-order valence-electron chi connectivity index (χ1n) is 4.66. The molecule has 0 fully saturated rings. The highest BCUT2D eigenvalue weighted by atomic mass is 19.4. The molecule has 2 N–H and O–H groups in total. The van der Waals surface area contributed by atoms with Crippen molar-refractivity contribution in [1.29, 1.82) is 0 Å². The summed E-state index contributed by atoms with van der Waals surface area (Å²) in [5, 5.41) is 0. The normalized spacial score (nSPS) is 14.1. The van der Waals surface area contributed by atoms with Crippen LogP contribution in [0, 0.1) is 5.92 Å². The predicted molar refractivity (Wildman–Crippen MR) is 47.7 cm³/mol. The van der Waals surface area contributed by atoms with Gasteiger partial charge in [-0.2, -0.15) is 13.2 Å². The second-order valence-corrected chi connectivity index (χ2v) is 3.41. The van der Waals surface area contributed by atoms with E-state index in [1.807, 2.05) is 0 Å². The molecule has 0 aromatic carbocycles. The molecule has 14 heavy (non-hydrogen) atoms. The van der Waals surface area contributed by atoms with Crippen molar-refractivity contribution in [2.24, 2.45) is 11.7 Å². The van der Waals surface area contributed by atoms with Gasteiger partial charge in [0, 0.05) is 12.3 Å². The molecule has 0 spiro atoms. The van der Waals surface area contributed by atoms with Crippen LogP contribution in [0.2, 0.25) is 0 Å². The quantitative estimate of drug-likeness (QED) is 0.732. The van der Waals surface area contributed by atoms with Gasteiger partial charge in [-0.25, -0.2) is 0 Å². The Kier molecular flexibility index (Phi) is 5.76. The highest BCUT2D eigenvalue weighted by Crippen LogP contribution is 2.23. The number of ketones is 1. The number of carbonyl (C=O) groups excluding carboxylic acids is 1. The van der Waals surface area contributed by atoms with E-state index in [0.717, 1.165) is 0 Å². The molecule has 84 valence electrons. The molecule has 0 aliphatic heterocycles. The second kappa shape index (κ2) is 6.01. The van der Waals surface area contributed by atoms with E-state index in [-0.39, 0.29) is 11.7 Å². The number of carbonyl (C=O) groups is 1. The fraction of sp³-hybridized carbons (Fsp3) is 0.889. The van der Waals surface area contributed by atoms with Gasteiger partial charge >= 0.3 is 6.18 Å². The zero-order valence-corrected chi connectivity index (χ0v) is 8.23. The molecule has 2 nitrogen and oxygen atoms in total. The van der Waals surface area contributed by atoms with Crippen LogP contribution in [0.3, 0.4) is 0 Å². The largest absolute Gasteiger partial charge is 0.389 e. The lowest BCUT2D eigenvalue weighted by Crippen LogP contribution is -2.16. The summed E-state index contributed by atoms with van der Waals surface area (Å²) >= 11 is 0. The lowest BCUT2D eigenvalue weighted by molar-refractivity contribution is -0.144. The molecule has 0 saturated heterocycles. The first kappa shape index (κ1) is 13.4. The minimum absolute atomic E-state index is 0.305. The Morgan fingerprint density at radius 3 is 2.43 bits per heavy atom. The Morgan fingerprint density at radius 1 is 1.43 bits per heavy atom. The summed E-state index contributed by atoms with van der Waals surface area (Å²) < 4.78 is 35.3. The number of hydrogen-bond acceptors (Lipinski definition) is 2. The van der Waals surface area contributed by atoms with Gasteiger partial charge in [0.25, 0.3) is 0 Å². The smallest absolute Gasteiger partial charge is 0.330 e. The van der Waals surface area contributed by atoms with Gasteiger partial charge in [-0.3, -0.25) is 4.79 Å². The monoisotopic (exact) mass is 211 g/mol. The fourth-order valence-corrected chi connectivity index (χ4v) is 1.10. The maximum atomic E-state index is 11.8. The van der Waals surface area contributed by atoms with Crippen LogP contribution in [-0.2, 0) is 4.79 Å². The summed E-state index contributed by atoms with van der Waals surface area (Å²) in [4.78, 5) is 11.2. The lowest BCUT2D eigenvalue weighted by atomic mass is 9.97. The van der Waals surface area contributed by atoms with Crippen LogP contribution in [0.5, 0.6) is 0 Å². The van der Waals surface area contributed by atoms with Crippen LogP contribution in [0.4, 0.5) is 13.2 Å². The Morgan fingerprint density at radius 2 is 2.00 bits per heavy atom. The van der Waals surface area contributed by atoms with Crippen LogP contribution >= 0.6 is 0 Å². The van der Waals surface area contributed by atoms with Crippen LogP contribution in [-0.4, -0.2) is 18.5 Å². The van der Waals surface area contributed by atoms with Gasteiger partial charge in [0.15, 0.2) is 0 Å². The van der Waals surface area contributed by atoms with E-state index < -0.39 is 19.0 Å². The topological polar surface area (TPSA) is 43.1 Å². The lowest BCUT2D eigenvalue weighted by Gasteiger charge is -2.10. The van der Waals surface area contributed by atoms with E-state index in [4.69, 9.17) is 5.73 Å². The summed E-state index contributed by atoms with van der Waals surface area (Å²) in [6.07, 6.45) is -4.40. The Balaban J connectivity index is 3.73. The zero-order valence-electron chi connectivity index (χ0n) is 8.23. The molecule has 0 heterocycles. The molecule has 0 amide bonds. The van der Waals surface area contributed by atoms with Gasteiger partial charge < -0.3 is 5.73 Å². The van der Waals surface area contributed by atoms with Crippen molar-refractivity contribution in [1.82, 2.24) is 0 Å². The van der Waals surface area contributed by atoms with E-state index in [1.165, 1.54) is 0 Å². The van der Waals surface area contributed by atoms with Crippen LogP contribution in [0.25, 0.3) is 0 Å². The average molecular weight is 211 g/mol. The van der Waals surface area contributed by atoms with E-state index in [2.05, 4.69) is 0 Å². The standard InChI is InChI=1S/C9H16F3NO/c1-7(3-2-6-13)8(14)4-5-9(10,11)12/h7H,2-6,13H2,1H3. The Hall–Kier alpha value is -0.580. The number of halogens is 3. The third-order valence-electron chi connectivity index (χ3n) is 2.05. The molecule has 0 aliphatic carbocycles. The average Bonchev–Trinajstić information content (AvgIpc) is 2.09. The Labute approximate surface area is 81.7 Å². The van der Waals surface area contributed by atoms with Crippen molar-refractivity contribution in [3.05, 3.63) is 0 Å². The number of Topliss-reactive ketones (excluding diaryl/α,β-unsaturated/α-hetero) is 1. The molecule has 1 atom stereocenters. The third kappa shape index (κ3) is 6.88. The maximum Gasteiger partial charge on any atom is 0.389 e. The molecule has 1 unspecified atom stereocenters. The van der Waals surface area contributed by atoms with Crippen LogP contribution in [0.1, 0.15) is 32.6 Å². The van der Waals surface area contributed by atoms with Crippen molar-refractivity contribution in [3.8, 4) is 0 Å². The van der Waals surface area contributed by atoms with E-state index in [9.17, 15) is 18.0 Å². The minimum atomic E-state index is -4.23. The first-order chi connectivity index (χ1) is 6.37. The van der Waals surface area contributed by atoms with Crippen LogP contribution in [0.15, 0.2) is 0 Å². The number of hydrogen-bond donors (Lipinski definition) is 1. The van der Waals surface area contributed by atoms with Gasteiger partial charge in [0.05, 0.1) is 6.42 Å². The molecule has 0 rings (SSSR count). The van der Waals surface area contributed by atoms with Gasteiger partial charge in [-0.1, -0.05) is 6.92 Å². The predicted octanol–water partition coefficient (Wildman–Crippen LogP) is 2.27. The highest BCUT2D eigenvalue weighted by Gasteiger charge is 2.28. The molecule has 0 bridgehead atoms. The Bertz CT molecular complexity index is 179. The van der Waals surface area contributed by atoms with Crippen molar-refractivity contribution in [3.63, 3.8) is 0 Å². The summed E-state index contributed by atoms with van der Waals surface area (Å²) in [6, 6.07) is 0. The molecule has 0 saturated carbocycles. The minimum Gasteiger partial charge on any atom is -0.330 e. The van der Waals surface area contributed by atoms with E-state index in [1.54, 1.807) is 6.92 Å². The summed E-state index contributed by atoms with van der Waals surface area (Å²) in [6.45, 7) is 2.12. The van der Waals surface area contributed by atoms with Gasteiger partial charge in [-0.15, -0.1) is 0 Å². The molecule has 5 heteroatoms. The van der Waals surface area contributed by atoms with Crippen molar-refractivity contribution in [2.45, 2.75) is 38.8 Å². The SMILES string of the molecule is CC(CCCN)C(=O)CCC(F)(F)F. The number of rotatable bonds is 6. The van der Waals surface area contributed by atoms with Crippen molar-refractivity contribution >= 4 is 5.78 Å². The second-order valence-electron chi connectivity index (χ2n) is 3.41. The van der Waals surface area contributed by atoms with Crippen molar-refractivity contribution < 1.29 is 18.0 Å². The van der Waals surface area contributed by atoms with Gasteiger partial charge in [0.2, 0.25) is 0 Å².